The number of aliphatic imine (C=N–C) groups is 1. The Kier molecular flexibility index (Phi) is 9.37. The fourth-order valence-electron chi connectivity index (χ4n) is 4.11. The molecule has 34 heavy (non-hydrogen) atoms. The summed E-state index contributed by atoms with van der Waals surface area (Å²) in [6, 6.07) is 11.7. The van der Waals surface area contributed by atoms with Crippen molar-refractivity contribution in [1.29, 1.82) is 5.26 Å². The number of nitriles is 1. The number of allylic oxidation sites excluding steroid dienone is 1. The molecule has 180 valence electrons. The Hall–Kier alpha value is -3.66. The highest BCUT2D eigenvalue weighted by atomic mass is 16.4. The van der Waals surface area contributed by atoms with Gasteiger partial charge in [-0.15, -0.1) is 0 Å². The molecule has 0 bridgehead atoms. The van der Waals surface area contributed by atoms with Crippen molar-refractivity contribution >= 4 is 23.2 Å². The van der Waals surface area contributed by atoms with E-state index in [9.17, 15) is 10.1 Å². The molecular formula is C27H35N5O2. The average Bonchev–Trinajstić information content (AvgIpc) is 2.72. The van der Waals surface area contributed by atoms with Crippen LogP contribution in [0.25, 0.3) is 5.57 Å². The van der Waals surface area contributed by atoms with Crippen LogP contribution in [0.1, 0.15) is 71.4 Å². The van der Waals surface area contributed by atoms with E-state index in [0.717, 1.165) is 28.8 Å². The Morgan fingerprint density at radius 3 is 2.53 bits per heavy atom. The summed E-state index contributed by atoms with van der Waals surface area (Å²) in [6.45, 7) is 10.6. The highest BCUT2D eigenvalue weighted by Gasteiger charge is 2.25. The first-order chi connectivity index (χ1) is 16.0. The molecule has 1 aromatic carbocycles. The minimum Gasteiger partial charge on any atom is -0.481 e. The summed E-state index contributed by atoms with van der Waals surface area (Å²) in [6.07, 6.45) is 9.71. The van der Waals surface area contributed by atoms with Crippen LogP contribution in [0.4, 0.5) is 5.69 Å². The van der Waals surface area contributed by atoms with Gasteiger partial charge in [-0.3, -0.25) is 15.1 Å². The normalized spacial score (nSPS) is 12.7. The molecular weight excluding hydrogens is 426 g/mol. The molecule has 0 aliphatic rings. The van der Waals surface area contributed by atoms with Gasteiger partial charge in [0.15, 0.2) is 6.19 Å². The van der Waals surface area contributed by atoms with Gasteiger partial charge in [-0.05, 0) is 67.9 Å². The maximum Gasteiger partial charge on any atom is 0.303 e. The third-order valence-electron chi connectivity index (χ3n) is 4.90. The molecule has 1 aromatic heterocycles. The first kappa shape index (κ1) is 26.6. The lowest BCUT2D eigenvalue weighted by molar-refractivity contribution is -0.137. The fourth-order valence-corrected chi connectivity index (χ4v) is 4.11. The molecule has 0 fully saturated rings. The second-order valence-electron chi connectivity index (χ2n) is 10.1. The molecule has 1 heterocycles. The molecule has 0 saturated carbocycles. The zero-order chi connectivity index (χ0) is 25.2. The number of nitrogens with zero attached hydrogens (tertiary/aromatic N) is 3. The number of carboxylic acid groups (broad SMARTS) is 1. The van der Waals surface area contributed by atoms with Gasteiger partial charge in [0, 0.05) is 30.1 Å². The van der Waals surface area contributed by atoms with Crippen molar-refractivity contribution in [1.82, 2.24) is 10.3 Å². The number of anilines is 1. The molecule has 0 unspecified atom stereocenters. The van der Waals surface area contributed by atoms with Crippen molar-refractivity contribution in [2.75, 3.05) is 5.32 Å². The van der Waals surface area contributed by atoms with Crippen molar-refractivity contribution in [3.8, 4) is 6.19 Å². The lowest BCUT2D eigenvalue weighted by Gasteiger charge is -2.29. The van der Waals surface area contributed by atoms with Gasteiger partial charge < -0.3 is 10.4 Å². The summed E-state index contributed by atoms with van der Waals surface area (Å²) in [5, 5.41) is 24.1. The molecule has 0 spiro atoms. The lowest BCUT2D eigenvalue weighted by atomic mass is 9.82. The Morgan fingerprint density at radius 1 is 1.18 bits per heavy atom. The van der Waals surface area contributed by atoms with Crippen LogP contribution in [-0.2, 0) is 4.79 Å². The third kappa shape index (κ3) is 9.45. The number of guanidine groups is 1. The molecule has 2 rings (SSSR count). The van der Waals surface area contributed by atoms with Crippen LogP contribution < -0.4 is 10.6 Å². The second kappa shape index (κ2) is 12.0. The fraction of sp³-hybridized carbons (Fsp3) is 0.407. The Labute approximate surface area is 202 Å². The van der Waals surface area contributed by atoms with Crippen molar-refractivity contribution in [3.05, 3.63) is 66.0 Å². The molecule has 0 radical (unpaired) electrons. The van der Waals surface area contributed by atoms with E-state index in [1.807, 2.05) is 48.7 Å². The van der Waals surface area contributed by atoms with Gasteiger partial charge in [0.25, 0.3) is 0 Å². The number of carboxylic acids is 1. The van der Waals surface area contributed by atoms with Gasteiger partial charge in [0.05, 0.1) is 5.54 Å². The van der Waals surface area contributed by atoms with Gasteiger partial charge in [-0.1, -0.05) is 45.0 Å². The highest BCUT2D eigenvalue weighted by Crippen LogP contribution is 2.30. The number of hydrogen-bond donors (Lipinski definition) is 3. The van der Waals surface area contributed by atoms with Crippen LogP contribution >= 0.6 is 0 Å². The molecule has 0 aliphatic heterocycles. The minimum absolute atomic E-state index is 0.0920. The number of pyridine rings is 1. The van der Waals surface area contributed by atoms with E-state index in [2.05, 4.69) is 50.2 Å². The van der Waals surface area contributed by atoms with Crippen molar-refractivity contribution < 1.29 is 9.90 Å². The number of carbonyl (C=O) groups is 1. The van der Waals surface area contributed by atoms with E-state index >= 15 is 0 Å². The van der Waals surface area contributed by atoms with Crippen LogP contribution in [-0.4, -0.2) is 27.6 Å². The topological polar surface area (TPSA) is 110 Å². The van der Waals surface area contributed by atoms with Gasteiger partial charge in [-0.2, -0.15) is 5.26 Å². The second-order valence-corrected chi connectivity index (χ2v) is 10.1. The average molecular weight is 462 g/mol. The van der Waals surface area contributed by atoms with Crippen molar-refractivity contribution in [2.24, 2.45) is 10.4 Å². The van der Waals surface area contributed by atoms with E-state index in [4.69, 9.17) is 10.1 Å². The van der Waals surface area contributed by atoms with E-state index in [-0.39, 0.29) is 17.4 Å². The number of benzene rings is 1. The van der Waals surface area contributed by atoms with Gasteiger partial charge in [0.1, 0.15) is 0 Å². The third-order valence-corrected chi connectivity index (χ3v) is 4.90. The Balaban J connectivity index is 2.35. The molecule has 7 nitrogen and oxygen atoms in total. The molecule has 0 amide bonds. The van der Waals surface area contributed by atoms with Gasteiger partial charge in [0.2, 0.25) is 5.96 Å². The standard InChI is InChI=1S/C27H35N5O2/c1-26(2,3)18-27(4,5)32-25(30-19-28)31-22-12-8-10-20(16-22)23(13-6-7-14-24(33)34)21-11-9-15-29-17-21/h8-13,15-17H,6-7,14,18H2,1-5H3,(H,33,34)(H2,30,31,32). The summed E-state index contributed by atoms with van der Waals surface area (Å²) in [7, 11) is 0. The Morgan fingerprint density at radius 2 is 1.91 bits per heavy atom. The largest absolute Gasteiger partial charge is 0.481 e. The van der Waals surface area contributed by atoms with Crippen LogP contribution in [0, 0.1) is 16.9 Å². The quantitative estimate of drug-likeness (QED) is 0.143. The maximum absolute atomic E-state index is 10.9. The van der Waals surface area contributed by atoms with E-state index < -0.39 is 5.97 Å². The SMILES string of the molecule is CC(C)(C)CC(C)(C)N=C(NC#N)Nc1cccc(C(=CCCCC(=O)O)c2cccnc2)c1. The molecule has 7 heteroatoms. The number of unbranched alkanes of at least 4 members (excludes halogenated alkanes) is 1. The molecule has 0 saturated heterocycles. The summed E-state index contributed by atoms with van der Waals surface area (Å²) in [5.74, 6) is -0.406. The molecule has 2 aromatic rings. The first-order valence-corrected chi connectivity index (χ1v) is 11.4. The molecule has 3 N–H and O–H groups in total. The van der Waals surface area contributed by atoms with Gasteiger partial charge in [-0.25, -0.2) is 4.99 Å². The predicted molar refractivity (Wildman–Crippen MR) is 137 cm³/mol. The van der Waals surface area contributed by atoms with E-state index in [1.165, 1.54) is 0 Å². The number of hydrogen-bond acceptors (Lipinski definition) is 4. The number of aromatic nitrogens is 1. The van der Waals surface area contributed by atoms with E-state index in [0.29, 0.717) is 18.8 Å². The summed E-state index contributed by atoms with van der Waals surface area (Å²) in [4.78, 5) is 19.9. The monoisotopic (exact) mass is 461 g/mol. The molecule has 0 aliphatic carbocycles. The summed E-state index contributed by atoms with van der Waals surface area (Å²) in [5.41, 5.74) is 3.39. The zero-order valence-corrected chi connectivity index (χ0v) is 20.7. The van der Waals surface area contributed by atoms with Gasteiger partial charge >= 0.3 is 5.97 Å². The molecule has 0 atom stereocenters. The summed E-state index contributed by atoms with van der Waals surface area (Å²) < 4.78 is 0. The number of nitrogens with one attached hydrogen (secondary N) is 2. The number of aliphatic carboxylic acids is 1. The minimum atomic E-state index is -0.797. The summed E-state index contributed by atoms with van der Waals surface area (Å²) >= 11 is 0. The smallest absolute Gasteiger partial charge is 0.303 e. The highest BCUT2D eigenvalue weighted by molar-refractivity contribution is 5.95. The maximum atomic E-state index is 10.9. The van der Waals surface area contributed by atoms with E-state index in [1.54, 1.807) is 12.4 Å². The van der Waals surface area contributed by atoms with Crippen LogP contribution in [0.2, 0.25) is 0 Å². The predicted octanol–water partition coefficient (Wildman–Crippen LogP) is 5.82. The Bertz CT molecular complexity index is 1060. The van der Waals surface area contributed by atoms with Crippen LogP contribution in [0.5, 0.6) is 0 Å². The lowest BCUT2D eigenvalue weighted by Crippen LogP contribution is -2.33. The number of rotatable bonds is 9. The first-order valence-electron chi connectivity index (χ1n) is 11.4. The van der Waals surface area contributed by atoms with Crippen LogP contribution in [0.3, 0.4) is 0 Å². The van der Waals surface area contributed by atoms with Crippen molar-refractivity contribution in [3.63, 3.8) is 0 Å². The van der Waals surface area contributed by atoms with Crippen LogP contribution in [0.15, 0.2) is 59.9 Å². The zero-order valence-electron chi connectivity index (χ0n) is 20.7. The van der Waals surface area contributed by atoms with Crippen molar-refractivity contribution in [2.45, 2.75) is 65.8 Å².